The van der Waals surface area contributed by atoms with Gasteiger partial charge in [0.25, 0.3) is 0 Å². The van der Waals surface area contributed by atoms with Gasteiger partial charge >= 0.3 is 6.18 Å². The second kappa shape index (κ2) is 5.58. The quantitative estimate of drug-likeness (QED) is 0.758. The minimum absolute atomic E-state index is 0.537. The average molecular weight is 230 g/mol. The van der Waals surface area contributed by atoms with Crippen molar-refractivity contribution in [1.29, 1.82) is 0 Å². The summed E-state index contributed by atoms with van der Waals surface area (Å²) in [4.78, 5) is 0. The Labute approximate surface area is 92.5 Å². The van der Waals surface area contributed by atoms with E-state index >= 15 is 0 Å². The molecule has 16 heavy (non-hydrogen) atoms. The van der Waals surface area contributed by atoms with E-state index in [1.807, 2.05) is 6.92 Å². The van der Waals surface area contributed by atoms with Crippen LogP contribution in [0.2, 0.25) is 0 Å². The number of ether oxygens (including phenoxy) is 1. The molecule has 0 heterocycles. The van der Waals surface area contributed by atoms with Gasteiger partial charge in [-0.1, -0.05) is 24.3 Å². The van der Waals surface area contributed by atoms with Gasteiger partial charge in [0.15, 0.2) is 0 Å². The van der Waals surface area contributed by atoms with Crippen molar-refractivity contribution in [3.8, 4) is 5.75 Å². The summed E-state index contributed by atoms with van der Waals surface area (Å²) in [6.45, 7) is 2.39. The first-order valence-electron chi connectivity index (χ1n) is 4.97. The van der Waals surface area contributed by atoms with Gasteiger partial charge < -0.3 is 4.74 Å². The summed E-state index contributed by atoms with van der Waals surface area (Å²) < 4.78 is 40.9. The van der Waals surface area contributed by atoms with Crippen LogP contribution in [0, 0.1) is 0 Å². The van der Waals surface area contributed by atoms with Crippen molar-refractivity contribution < 1.29 is 17.9 Å². The van der Waals surface area contributed by atoms with E-state index in [4.69, 9.17) is 4.74 Å². The van der Waals surface area contributed by atoms with Gasteiger partial charge in [-0.15, -0.1) is 0 Å². The normalized spacial score (nSPS) is 12.0. The highest BCUT2D eigenvalue weighted by Crippen LogP contribution is 2.21. The Morgan fingerprint density at radius 2 is 2.06 bits per heavy atom. The maximum atomic E-state index is 11.9. The molecule has 88 valence electrons. The number of rotatable bonds is 4. The molecule has 1 aromatic rings. The smallest absolute Gasteiger partial charge is 0.392 e. The lowest BCUT2D eigenvalue weighted by Crippen LogP contribution is -2.03. The lowest BCUT2D eigenvalue weighted by Gasteiger charge is -2.03. The molecule has 0 saturated heterocycles. The zero-order chi connectivity index (χ0) is 12.0. The first-order chi connectivity index (χ1) is 7.51. The van der Waals surface area contributed by atoms with Crippen LogP contribution in [0.25, 0.3) is 6.08 Å². The van der Waals surface area contributed by atoms with Crippen LogP contribution in [-0.2, 0) is 0 Å². The molecule has 0 aliphatic carbocycles. The van der Waals surface area contributed by atoms with Gasteiger partial charge in [-0.25, -0.2) is 0 Å². The summed E-state index contributed by atoms with van der Waals surface area (Å²) in [5.41, 5.74) is 0.704. The van der Waals surface area contributed by atoms with E-state index < -0.39 is 12.6 Å². The molecule has 1 aromatic carbocycles. The van der Waals surface area contributed by atoms with Crippen molar-refractivity contribution in [3.05, 3.63) is 35.9 Å². The minimum Gasteiger partial charge on any atom is -0.494 e. The van der Waals surface area contributed by atoms with Crippen molar-refractivity contribution in [1.82, 2.24) is 0 Å². The van der Waals surface area contributed by atoms with Crippen molar-refractivity contribution in [3.63, 3.8) is 0 Å². The molecule has 4 heteroatoms. The molecule has 0 bridgehead atoms. The van der Waals surface area contributed by atoms with Crippen LogP contribution in [0.15, 0.2) is 30.3 Å². The third-order valence-electron chi connectivity index (χ3n) is 1.83. The maximum absolute atomic E-state index is 11.9. The third-order valence-corrected chi connectivity index (χ3v) is 1.83. The first-order valence-corrected chi connectivity index (χ1v) is 4.97. The Morgan fingerprint density at radius 1 is 1.31 bits per heavy atom. The molecule has 0 amide bonds. The van der Waals surface area contributed by atoms with Crippen LogP contribution in [-0.4, -0.2) is 12.8 Å². The maximum Gasteiger partial charge on any atom is 0.392 e. The molecule has 0 aliphatic rings. The van der Waals surface area contributed by atoms with Gasteiger partial charge in [0, 0.05) is 0 Å². The lowest BCUT2D eigenvalue weighted by molar-refractivity contribution is -0.124. The first kappa shape index (κ1) is 12.6. The number of allylic oxidation sites excluding steroid dienone is 1. The van der Waals surface area contributed by atoms with E-state index in [1.54, 1.807) is 24.3 Å². The molecular weight excluding hydrogens is 217 g/mol. The zero-order valence-corrected chi connectivity index (χ0v) is 8.92. The molecule has 0 saturated carbocycles. The molecule has 0 atom stereocenters. The topological polar surface area (TPSA) is 9.23 Å². The largest absolute Gasteiger partial charge is 0.494 e. The molecular formula is C12H13F3O. The highest BCUT2D eigenvalue weighted by atomic mass is 19.4. The Bertz CT molecular complexity index is 356. The monoisotopic (exact) mass is 230 g/mol. The summed E-state index contributed by atoms with van der Waals surface area (Å²) >= 11 is 0. The van der Waals surface area contributed by atoms with E-state index in [-0.39, 0.29) is 0 Å². The summed E-state index contributed by atoms with van der Waals surface area (Å²) in [5.74, 6) is 0.664. The summed E-state index contributed by atoms with van der Waals surface area (Å²) in [5, 5.41) is 0. The predicted octanol–water partition coefficient (Wildman–Crippen LogP) is 4.05. The molecule has 1 nitrogen and oxygen atoms in total. The lowest BCUT2D eigenvalue weighted by atomic mass is 10.2. The highest BCUT2D eigenvalue weighted by Gasteiger charge is 2.24. The molecule has 1 rings (SSSR count). The van der Waals surface area contributed by atoms with Crippen LogP contribution in [0.3, 0.4) is 0 Å². The fourth-order valence-corrected chi connectivity index (χ4v) is 1.20. The van der Waals surface area contributed by atoms with Crippen LogP contribution in [0.5, 0.6) is 5.75 Å². The predicted molar refractivity (Wildman–Crippen MR) is 57.3 cm³/mol. The molecule has 0 aliphatic heterocycles. The molecule has 0 radical (unpaired) electrons. The van der Waals surface area contributed by atoms with Gasteiger partial charge in [0.2, 0.25) is 0 Å². The fraction of sp³-hybridized carbons (Fsp3) is 0.333. The Hall–Kier alpha value is -1.45. The molecule has 0 unspecified atom stereocenters. The Kier molecular flexibility index (Phi) is 4.40. The second-order valence-electron chi connectivity index (χ2n) is 3.23. The standard InChI is InChI=1S/C12H13F3O/c1-2-16-11-7-3-5-10(9-11)6-4-8-12(13,14)15/h3-7,9H,2,8H2,1H3. The van der Waals surface area contributed by atoms with E-state index in [9.17, 15) is 13.2 Å². The van der Waals surface area contributed by atoms with Crippen molar-refractivity contribution >= 4 is 6.08 Å². The van der Waals surface area contributed by atoms with E-state index in [0.29, 0.717) is 17.9 Å². The highest BCUT2D eigenvalue weighted by molar-refractivity contribution is 5.51. The number of benzene rings is 1. The second-order valence-corrected chi connectivity index (χ2v) is 3.23. The SMILES string of the molecule is CCOc1cccc(C=CCC(F)(F)F)c1. The number of halogens is 3. The van der Waals surface area contributed by atoms with Crippen LogP contribution < -0.4 is 4.74 Å². The van der Waals surface area contributed by atoms with Crippen LogP contribution in [0.1, 0.15) is 18.9 Å². The van der Waals surface area contributed by atoms with Gasteiger partial charge in [-0.05, 0) is 24.6 Å². The Balaban J connectivity index is 2.63. The number of hydrogen-bond donors (Lipinski definition) is 0. The van der Waals surface area contributed by atoms with Crippen molar-refractivity contribution in [2.24, 2.45) is 0 Å². The zero-order valence-electron chi connectivity index (χ0n) is 8.92. The number of hydrogen-bond acceptors (Lipinski definition) is 1. The fourth-order valence-electron chi connectivity index (χ4n) is 1.20. The molecule has 0 fully saturated rings. The molecule has 0 spiro atoms. The minimum atomic E-state index is -4.14. The third kappa shape index (κ3) is 4.87. The van der Waals surface area contributed by atoms with E-state index in [2.05, 4.69) is 0 Å². The van der Waals surface area contributed by atoms with Gasteiger partial charge in [-0.3, -0.25) is 0 Å². The van der Waals surface area contributed by atoms with Crippen LogP contribution >= 0.6 is 0 Å². The van der Waals surface area contributed by atoms with Gasteiger partial charge in [0.05, 0.1) is 13.0 Å². The van der Waals surface area contributed by atoms with Crippen LogP contribution in [0.4, 0.5) is 13.2 Å². The van der Waals surface area contributed by atoms with Gasteiger partial charge in [0.1, 0.15) is 5.75 Å². The summed E-state index contributed by atoms with van der Waals surface area (Å²) in [7, 11) is 0. The molecule has 0 N–H and O–H groups in total. The Morgan fingerprint density at radius 3 is 2.69 bits per heavy atom. The van der Waals surface area contributed by atoms with Crippen molar-refractivity contribution in [2.45, 2.75) is 19.5 Å². The molecule has 0 aromatic heterocycles. The average Bonchev–Trinajstić information content (AvgIpc) is 2.17. The number of alkyl halides is 3. The van der Waals surface area contributed by atoms with Crippen molar-refractivity contribution in [2.75, 3.05) is 6.61 Å². The van der Waals surface area contributed by atoms with Gasteiger partial charge in [-0.2, -0.15) is 13.2 Å². The summed E-state index contributed by atoms with van der Waals surface area (Å²) in [6, 6.07) is 6.95. The van der Waals surface area contributed by atoms with E-state index in [1.165, 1.54) is 6.08 Å². The van der Waals surface area contributed by atoms with E-state index in [0.717, 1.165) is 6.08 Å². The summed E-state index contributed by atoms with van der Waals surface area (Å²) in [6.07, 6.45) is -2.51.